The van der Waals surface area contributed by atoms with Crippen LogP contribution in [-0.2, 0) is 0 Å². The fraction of sp³-hybridized carbons (Fsp3) is 0.154. The maximum absolute atomic E-state index is 13.1. The number of carboxylic acid groups (broad SMARTS) is 1. The fourth-order valence-electron chi connectivity index (χ4n) is 1.62. The molecule has 0 aliphatic rings. The molecule has 2 aromatic rings. The van der Waals surface area contributed by atoms with Gasteiger partial charge in [-0.1, -0.05) is 12.1 Å². The Kier molecular flexibility index (Phi) is 3.70. The minimum atomic E-state index is -1.14. The van der Waals surface area contributed by atoms with Crippen molar-refractivity contribution in [2.45, 2.75) is 13.0 Å². The predicted molar refractivity (Wildman–Crippen MR) is 67.4 cm³/mol. The molecule has 19 heavy (non-hydrogen) atoms. The lowest BCUT2D eigenvalue weighted by Crippen LogP contribution is -2.10. The molecule has 5 nitrogen and oxygen atoms in total. The SMILES string of the molecule is CC(Nc1cncc(C(=O)O)n1)c1cccc(F)c1. The van der Waals surface area contributed by atoms with Crippen LogP contribution in [0.4, 0.5) is 10.2 Å². The van der Waals surface area contributed by atoms with E-state index in [-0.39, 0.29) is 17.6 Å². The molecule has 0 aliphatic carbocycles. The quantitative estimate of drug-likeness (QED) is 0.884. The normalized spacial score (nSPS) is 11.9. The van der Waals surface area contributed by atoms with Crippen LogP contribution in [-0.4, -0.2) is 21.0 Å². The van der Waals surface area contributed by atoms with Crippen LogP contribution in [0.1, 0.15) is 29.0 Å². The van der Waals surface area contributed by atoms with Gasteiger partial charge in [0.05, 0.1) is 18.4 Å². The number of benzene rings is 1. The highest BCUT2D eigenvalue weighted by Gasteiger charge is 2.10. The molecule has 1 atom stereocenters. The average Bonchev–Trinajstić information content (AvgIpc) is 2.39. The molecule has 0 spiro atoms. The number of halogens is 1. The standard InChI is InChI=1S/C13H12FN3O2/c1-8(9-3-2-4-10(14)5-9)16-12-7-15-6-11(17-12)13(18)19/h2-8H,1H3,(H,16,17)(H,18,19). The van der Waals surface area contributed by atoms with Gasteiger partial charge >= 0.3 is 5.97 Å². The first kappa shape index (κ1) is 12.9. The van der Waals surface area contributed by atoms with Crippen LogP contribution >= 0.6 is 0 Å². The van der Waals surface area contributed by atoms with Crippen LogP contribution in [0.25, 0.3) is 0 Å². The lowest BCUT2D eigenvalue weighted by molar-refractivity contribution is 0.0690. The Balaban J connectivity index is 2.17. The first-order chi connectivity index (χ1) is 9.06. The van der Waals surface area contributed by atoms with E-state index in [1.807, 2.05) is 6.92 Å². The van der Waals surface area contributed by atoms with Crippen molar-refractivity contribution in [3.8, 4) is 0 Å². The molecule has 1 heterocycles. The minimum Gasteiger partial charge on any atom is -0.476 e. The third-order valence-electron chi connectivity index (χ3n) is 2.57. The third kappa shape index (κ3) is 3.25. The number of aromatic carboxylic acids is 1. The monoisotopic (exact) mass is 261 g/mol. The Bertz CT molecular complexity index is 604. The van der Waals surface area contributed by atoms with Crippen LogP contribution in [0.2, 0.25) is 0 Å². The van der Waals surface area contributed by atoms with Crippen molar-refractivity contribution in [2.75, 3.05) is 5.32 Å². The van der Waals surface area contributed by atoms with E-state index < -0.39 is 5.97 Å². The number of carboxylic acids is 1. The van der Waals surface area contributed by atoms with Gasteiger partial charge in [-0.05, 0) is 24.6 Å². The summed E-state index contributed by atoms with van der Waals surface area (Å²) in [6.07, 6.45) is 2.59. The van der Waals surface area contributed by atoms with E-state index in [0.29, 0.717) is 5.82 Å². The minimum absolute atomic E-state index is 0.142. The molecule has 0 fully saturated rings. The largest absolute Gasteiger partial charge is 0.476 e. The second kappa shape index (κ2) is 5.43. The van der Waals surface area contributed by atoms with E-state index in [0.717, 1.165) is 5.56 Å². The number of nitrogens with one attached hydrogen (secondary N) is 1. The second-order valence-corrected chi connectivity index (χ2v) is 4.02. The van der Waals surface area contributed by atoms with Gasteiger partial charge in [0.15, 0.2) is 5.69 Å². The van der Waals surface area contributed by atoms with Crippen molar-refractivity contribution >= 4 is 11.8 Å². The van der Waals surface area contributed by atoms with E-state index in [2.05, 4.69) is 15.3 Å². The molecule has 0 aliphatic heterocycles. The molecule has 1 aromatic carbocycles. The first-order valence-corrected chi connectivity index (χ1v) is 5.63. The number of rotatable bonds is 4. The summed E-state index contributed by atoms with van der Waals surface area (Å²) in [4.78, 5) is 18.5. The van der Waals surface area contributed by atoms with Crippen LogP contribution in [0.15, 0.2) is 36.7 Å². The summed E-state index contributed by atoms with van der Waals surface area (Å²) in [7, 11) is 0. The molecule has 0 saturated heterocycles. The molecule has 1 aromatic heterocycles. The molecular weight excluding hydrogens is 249 g/mol. The number of hydrogen-bond acceptors (Lipinski definition) is 4. The summed E-state index contributed by atoms with van der Waals surface area (Å²) in [5.74, 6) is -1.14. The van der Waals surface area contributed by atoms with E-state index in [1.54, 1.807) is 12.1 Å². The number of carbonyl (C=O) groups is 1. The molecule has 1 unspecified atom stereocenters. The smallest absolute Gasteiger partial charge is 0.356 e. The molecule has 0 radical (unpaired) electrons. The lowest BCUT2D eigenvalue weighted by atomic mass is 10.1. The van der Waals surface area contributed by atoms with Gasteiger partial charge in [-0.25, -0.2) is 14.2 Å². The lowest BCUT2D eigenvalue weighted by Gasteiger charge is -2.14. The first-order valence-electron chi connectivity index (χ1n) is 5.63. The Hall–Kier alpha value is -2.50. The van der Waals surface area contributed by atoms with Gasteiger partial charge < -0.3 is 10.4 Å². The van der Waals surface area contributed by atoms with E-state index in [9.17, 15) is 9.18 Å². The Morgan fingerprint density at radius 2 is 2.21 bits per heavy atom. The summed E-state index contributed by atoms with van der Waals surface area (Å²) in [5, 5.41) is 11.8. The number of hydrogen-bond donors (Lipinski definition) is 2. The van der Waals surface area contributed by atoms with Gasteiger partial charge in [0, 0.05) is 0 Å². The van der Waals surface area contributed by atoms with Gasteiger partial charge in [-0.3, -0.25) is 4.98 Å². The van der Waals surface area contributed by atoms with Crippen LogP contribution in [0.5, 0.6) is 0 Å². The number of anilines is 1. The Morgan fingerprint density at radius 3 is 2.89 bits per heavy atom. The summed E-state index contributed by atoms with van der Waals surface area (Å²) in [6.45, 7) is 1.82. The molecule has 0 bridgehead atoms. The van der Waals surface area contributed by atoms with E-state index >= 15 is 0 Å². The average molecular weight is 261 g/mol. The highest BCUT2D eigenvalue weighted by Crippen LogP contribution is 2.18. The predicted octanol–water partition coefficient (Wildman–Crippen LogP) is 2.49. The Morgan fingerprint density at radius 1 is 1.42 bits per heavy atom. The van der Waals surface area contributed by atoms with Gasteiger partial charge in [-0.15, -0.1) is 0 Å². The zero-order valence-corrected chi connectivity index (χ0v) is 10.2. The van der Waals surface area contributed by atoms with Gasteiger partial charge in [0.25, 0.3) is 0 Å². The Labute approximate surface area is 109 Å². The van der Waals surface area contributed by atoms with Crippen molar-refractivity contribution in [1.29, 1.82) is 0 Å². The van der Waals surface area contributed by atoms with Crippen molar-refractivity contribution in [3.63, 3.8) is 0 Å². The maximum Gasteiger partial charge on any atom is 0.356 e. The summed E-state index contributed by atoms with van der Waals surface area (Å²) in [6, 6.07) is 5.94. The topological polar surface area (TPSA) is 75.1 Å². The zero-order chi connectivity index (χ0) is 13.8. The third-order valence-corrected chi connectivity index (χ3v) is 2.57. The highest BCUT2D eigenvalue weighted by molar-refractivity contribution is 5.85. The van der Waals surface area contributed by atoms with Gasteiger partial charge in [0.1, 0.15) is 11.6 Å². The summed E-state index contributed by atoms with van der Waals surface area (Å²) < 4.78 is 13.1. The summed E-state index contributed by atoms with van der Waals surface area (Å²) >= 11 is 0. The number of nitrogens with zero attached hydrogens (tertiary/aromatic N) is 2. The molecular formula is C13H12FN3O2. The number of aromatic nitrogens is 2. The maximum atomic E-state index is 13.1. The fourth-order valence-corrected chi connectivity index (χ4v) is 1.62. The van der Waals surface area contributed by atoms with Crippen LogP contribution in [0.3, 0.4) is 0 Å². The van der Waals surface area contributed by atoms with E-state index in [4.69, 9.17) is 5.11 Å². The van der Waals surface area contributed by atoms with Crippen molar-refractivity contribution in [3.05, 3.63) is 53.7 Å². The summed E-state index contributed by atoms with van der Waals surface area (Å²) in [5.41, 5.74) is 0.596. The second-order valence-electron chi connectivity index (χ2n) is 4.02. The molecule has 98 valence electrons. The molecule has 0 saturated carbocycles. The van der Waals surface area contributed by atoms with Crippen molar-refractivity contribution in [1.82, 2.24) is 9.97 Å². The van der Waals surface area contributed by atoms with Crippen LogP contribution < -0.4 is 5.32 Å². The molecule has 2 rings (SSSR count). The van der Waals surface area contributed by atoms with Gasteiger partial charge in [-0.2, -0.15) is 0 Å². The molecule has 2 N–H and O–H groups in total. The molecule has 0 amide bonds. The van der Waals surface area contributed by atoms with Gasteiger partial charge in [0.2, 0.25) is 0 Å². The molecule has 6 heteroatoms. The van der Waals surface area contributed by atoms with E-state index in [1.165, 1.54) is 24.5 Å². The van der Waals surface area contributed by atoms with Crippen molar-refractivity contribution in [2.24, 2.45) is 0 Å². The van der Waals surface area contributed by atoms with Crippen LogP contribution in [0, 0.1) is 5.82 Å². The highest BCUT2D eigenvalue weighted by atomic mass is 19.1. The zero-order valence-electron chi connectivity index (χ0n) is 10.2. The van der Waals surface area contributed by atoms with Crippen molar-refractivity contribution < 1.29 is 14.3 Å².